The summed E-state index contributed by atoms with van der Waals surface area (Å²) in [6.07, 6.45) is 2.17. The first kappa shape index (κ1) is 14.6. The van der Waals surface area contributed by atoms with Gasteiger partial charge in [0.15, 0.2) is 0 Å². The monoisotopic (exact) mass is 285 g/mol. The van der Waals surface area contributed by atoms with E-state index < -0.39 is 5.69 Å². The molecule has 2 rings (SSSR count). The Hall–Kier alpha value is -2.81. The molecule has 1 heterocycles. The van der Waals surface area contributed by atoms with Crippen molar-refractivity contribution in [2.75, 3.05) is 6.61 Å². The van der Waals surface area contributed by atoms with Crippen molar-refractivity contribution in [1.29, 1.82) is 5.26 Å². The van der Waals surface area contributed by atoms with E-state index in [2.05, 4.69) is 4.98 Å². The van der Waals surface area contributed by atoms with Gasteiger partial charge in [0, 0.05) is 18.3 Å². The van der Waals surface area contributed by atoms with Gasteiger partial charge in [-0.05, 0) is 37.6 Å². The van der Waals surface area contributed by atoms with Gasteiger partial charge < -0.3 is 9.30 Å². The second kappa shape index (κ2) is 6.57. The number of nitrogens with one attached hydrogen (secondary N) is 1. The summed E-state index contributed by atoms with van der Waals surface area (Å²) in [4.78, 5) is 25.1. The first-order chi connectivity index (χ1) is 10.1. The number of nitriles is 1. The minimum absolute atomic E-state index is 0.356. The predicted octanol–water partition coefficient (Wildman–Crippen LogP) is 1.19. The maximum Gasteiger partial charge on any atom is 0.328 e. The Kier molecular flexibility index (Phi) is 4.57. The summed E-state index contributed by atoms with van der Waals surface area (Å²) in [5.41, 5.74) is 0.314. The van der Waals surface area contributed by atoms with Crippen molar-refractivity contribution >= 4 is 0 Å². The molecule has 1 aromatic carbocycles. The van der Waals surface area contributed by atoms with Crippen molar-refractivity contribution in [3.63, 3.8) is 0 Å². The lowest BCUT2D eigenvalue weighted by atomic mass is 10.2. The quantitative estimate of drug-likeness (QED) is 0.836. The third kappa shape index (κ3) is 3.83. The fourth-order valence-corrected chi connectivity index (χ4v) is 1.84. The van der Waals surface area contributed by atoms with Gasteiger partial charge in [-0.25, -0.2) is 4.79 Å². The van der Waals surface area contributed by atoms with Crippen LogP contribution in [0.2, 0.25) is 0 Å². The van der Waals surface area contributed by atoms with Crippen LogP contribution in [-0.4, -0.2) is 16.2 Å². The van der Waals surface area contributed by atoms with E-state index in [1.807, 2.05) is 6.07 Å². The van der Waals surface area contributed by atoms with E-state index in [0.717, 1.165) is 0 Å². The standard InChI is InChI=1S/C15H15N3O3/c1-11-10-18(15(20)17-14(11)19)7-2-8-21-13-5-3-12(9-16)4-6-13/h3-6,10H,2,7-8H2,1H3,(H,17,19,20). The van der Waals surface area contributed by atoms with E-state index in [0.29, 0.717) is 36.4 Å². The van der Waals surface area contributed by atoms with Crippen LogP contribution in [0.1, 0.15) is 17.5 Å². The zero-order valence-corrected chi connectivity index (χ0v) is 11.6. The Morgan fingerprint density at radius 3 is 2.67 bits per heavy atom. The lowest BCUT2D eigenvalue weighted by Gasteiger charge is -2.08. The maximum atomic E-state index is 11.6. The van der Waals surface area contributed by atoms with Gasteiger partial charge in [-0.2, -0.15) is 5.26 Å². The molecule has 6 nitrogen and oxygen atoms in total. The van der Waals surface area contributed by atoms with Crippen molar-refractivity contribution in [2.24, 2.45) is 0 Å². The molecule has 0 amide bonds. The summed E-state index contributed by atoms with van der Waals surface area (Å²) in [6, 6.07) is 8.87. The molecule has 0 bridgehead atoms. The van der Waals surface area contributed by atoms with Crippen LogP contribution in [0.3, 0.4) is 0 Å². The normalized spacial score (nSPS) is 10.1. The number of hydrogen-bond donors (Lipinski definition) is 1. The summed E-state index contributed by atoms with van der Waals surface area (Å²) >= 11 is 0. The predicted molar refractivity (Wildman–Crippen MR) is 77.3 cm³/mol. The molecule has 6 heteroatoms. The van der Waals surface area contributed by atoms with Crippen molar-refractivity contribution in [3.8, 4) is 11.8 Å². The molecular weight excluding hydrogens is 270 g/mol. The molecule has 0 aliphatic heterocycles. The minimum Gasteiger partial charge on any atom is -0.494 e. The van der Waals surface area contributed by atoms with Crippen LogP contribution in [0.15, 0.2) is 40.1 Å². The number of aromatic amines is 1. The van der Waals surface area contributed by atoms with Crippen LogP contribution in [0.5, 0.6) is 5.75 Å². The van der Waals surface area contributed by atoms with Crippen molar-refractivity contribution in [2.45, 2.75) is 19.9 Å². The summed E-state index contributed by atoms with van der Waals surface area (Å²) in [5.74, 6) is 0.680. The van der Waals surface area contributed by atoms with Crippen molar-refractivity contribution in [1.82, 2.24) is 9.55 Å². The van der Waals surface area contributed by atoms with Crippen LogP contribution in [-0.2, 0) is 6.54 Å². The molecule has 1 aromatic heterocycles. The van der Waals surface area contributed by atoms with Gasteiger partial charge >= 0.3 is 5.69 Å². The highest BCUT2D eigenvalue weighted by atomic mass is 16.5. The molecule has 0 unspecified atom stereocenters. The maximum absolute atomic E-state index is 11.6. The third-order valence-corrected chi connectivity index (χ3v) is 2.98. The van der Waals surface area contributed by atoms with E-state index in [-0.39, 0.29) is 5.56 Å². The average molecular weight is 285 g/mol. The minimum atomic E-state index is -0.413. The first-order valence-electron chi connectivity index (χ1n) is 6.53. The van der Waals surface area contributed by atoms with Crippen LogP contribution >= 0.6 is 0 Å². The van der Waals surface area contributed by atoms with Crippen LogP contribution in [0, 0.1) is 18.3 Å². The molecule has 0 saturated carbocycles. The highest BCUT2D eigenvalue weighted by Crippen LogP contribution is 2.11. The largest absolute Gasteiger partial charge is 0.494 e. The molecule has 21 heavy (non-hydrogen) atoms. The Morgan fingerprint density at radius 2 is 2.00 bits per heavy atom. The smallest absolute Gasteiger partial charge is 0.328 e. The number of benzene rings is 1. The zero-order chi connectivity index (χ0) is 15.2. The summed E-state index contributed by atoms with van der Waals surface area (Å²) in [7, 11) is 0. The molecule has 0 saturated heterocycles. The van der Waals surface area contributed by atoms with Crippen molar-refractivity contribution in [3.05, 3.63) is 62.4 Å². The van der Waals surface area contributed by atoms with Gasteiger partial charge in [0.05, 0.1) is 18.2 Å². The molecular formula is C15H15N3O3. The molecule has 0 spiro atoms. The Balaban J connectivity index is 1.87. The fourth-order valence-electron chi connectivity index (χ4n) is 1.84. The zero-order valence-electron chi connectivity index (χ0n) is 11.6. The van der Waals surface area contributed by atoms with Gasteiger partial charge in [0.2, 0.25) is 0 Å². The molecule has 0 radical (unpaired) electrons. The number of nitrogens with zero attached hydrogens (tertiary/aromatic N) is 2. The van der Waals surface area contributed by atoms with Crippen LogP contribution in [0.4, 0.5) is 0 Å². The molecule has 0 aliphatic carbocycles. The SMILES string of the molecule is Cc1cn(CCCOc2ccc(C#N)cc2)c(=O)[nH]c1=O. The molecule has 108 valence electrons. The number of hydrogen-bond acceptors (Lipinski definition) is 4. The summed E-state index contributed by atoms with van der Waals surface area (Å²) in [5, 5.41) is 8.69. The van der Waals surface area contributed by atoms with E-state index in [9.17, 15) is 9.59 Å². The molecule has 0 aliphatic rings. The Morgan fingerprint density at radius 1 is 1.29 bits per heavy atom. The molecule has 1 N–H and O–H groups in total. The highest BCUT2D eigenvalue weighted by molar-refractivity contribution is 5.34. The van der Waals surface area contributed by atoms with Gasteiger partial charge in [-0.1, -0.05) is 0 Å². The number of H-pyrrole nitrogens is 1. The van der Waals surface area contributed by atoms with E-state index >= 15 is 0 Å². The lowest BCUT2D eigenvalue weighted by molar-refractivity contribution is 0.300. The third-order valence-electron chi connectivity index (χ3n) is 2.98. The number of rotatable bonds is 5. The van der Waals surface area contributed by atoms with Gasteiger partial charge in [-0.15, -0.1) is 0 Å². The fraction of sp³-hybridized carbons (Fsp3) is 0.267. The highest BCUT2D eigenvalue weighted by Gasteiger charge is 2.01. The Labute approximate surface area is 121 Å². The second-order valence-corrected chi connectivity index (χ2v) is 4.60. The number of aryl methyl sites for hydroxylation is 2. The lowest BCUT2D eigenvalue weighted by Crippen LogP contribution is -2.31. The Bertz CT molecular complexity index is 766. The van der Waals surface area contributed by atoms with Gasteiger partial charge in [0.25, 0.3) is 5.56 Å². The molecule has 2 aromatic rings. The van der Waals surface area contributed by atoms with Crippen molar-refractivity contribution < 1.29 is 4.74 Å². The topological polar surface area (TPSA) is 87.9 Å². The second-order valence-electron chi connectivity index (χ2n) is 4.60. The molecule has 0 fully saturated rings. The van der Waals surface area contributed by atoms with E-state index in [4.69, 9.17) is 10.00 Å². The number of ether oxygens (including phenoxy) is 1. The molecule has 0 atom stereocenters. The van der Waals surface area contributed by atoms with Crippen LogP contribution < -0.4 is 16.0 Å². The van der Waals surface area contributed by atoms with E-state index in [1.165, 1.54) is 4.57 Å². The summed E-state index contributed by atoms with van der Waals surface area (Å²) in [6.45, 7) is 2.56. The average Bonchev–Trinajstić information content (AvgIpc) is 2.49. The summed E-state index contributed by atoms with van der Waals surface area (Å²) < 4.78 is 6.98. The van der Waals surface area contributed by atoms with E-state index in [1.54, 1.807) is 37.4 Å². The first-order valence-corrected chi connectivity index (χ1v) is 6.53. The van der Waals surface area contributed by atoms with Gasteiger partial charge in [-0.3, -0.25) is 9.78 Å². The van der Waals surface area contributed by atoms with Crippen LogP contribution in [0.25, 0.3) is 0 Å². The number of aromatic nitrogens is 2. The van der Waals surface area contributed by atoms with Gasteiger partial charge in [0.1, 0.15) is 5.75 Å².